The maximum atomic E-state index is 12.5. The molecule has 3 aromatic rings. The maximum Gasteiger partial charge on any atom is 0.339 e. The average Bonchev–Trinajstić information content (AvgIpc) is 2.71. The summed E-state index contributed by atoms with van der Waals surface area (Å²) < 4.78 is 11.9. The van der Waals surface area contributed by atoms with E-state index in [9.17, 15) is 4.79 Å². The zero-order chi connectivity index (χ0) is 19.3. The van der Waals surface area contributed by atoms with Gasteiger partial charge in [0.2, 0.25) is 0 Å². The highest BCUT2D eigenvalue weighted by atomic mass is 16.5. The van der Waals surface area contributed by atoms with Crippen LogP contribution in [0, 0.1) is 13.8 Å². The van der Waals surface area contributed by atoms with Crippen molar-refractivity contribution in [3.8, 4) is 5.75 Å². The summed E-state index contributed by atoms with van der Waals surface area (Å²) in [7, 11) is 0. The Hall–Kier alpha value is -2.59. The molecule has 0 N–H and O–H groups in total. The van der Waals surface area contributed by atoms with Crippen LogP contribution in [0.3, 0.4) is 0 Å². The minimum absolute atomic E-state index is 0.165. The van der Waals surface area contributed by atoms with Crippen LogP contribution in [-0.4, -0.2) is 11.6 Å². The van der Waals surface area contributed by atoms with Crippen molar-refractivity contribution in [2.75, 3.05) is 6.73 Å². The Bertz CT molecular complexity index is 1110. The van der Waals surface area contributed by atoms with Crippen LogP contribution in [0.5, 0.6) is 5.75 Å². The summed E-state index contributed by atoms with van der Waals surface area (Å²) in [5, 5.41) is 1.10. The van der Waals surface area contributed by atoms with Gasteiger partial charge in [0.25, 0.3) is 0 Å². The van der Waals surface area contributed by atoms with E-state index in [1.54, 1.807) is 0 Å². The number of fused-ring (bicyclic) bond motifs is 4. The highest BCUT2D eigenvalue weighted by Crippen LogP contribution is 2.38. The Kier molecular flexibility index (Phi) is 4.24. The third-order valence-corrected chi connectivity index (χ3v) is 6.08. The number of hydrogen-bond acceptors (Lipinski definition) is 4. The lowest BCUT2D eigenvalue weighted by Gasteiger charge is -2.30. The van der Waals surface area contributed by atoms with Crippen molar-refractivity contribution in [2.24, 2.45) is 0 Å². The third-order valence-electron chi connectivity index (χ3n) is 6.08. The fraction of sp³-hybridized carbons (Fsp3) is 0.375. The van der Waals surface area contributed by atoms with Crippen molar-refractivity contribution in [2.45, 2.75) is 52.6 Å². The molecule has 1 aliphatic carbocycles. The van der Waals surface area contributed by atoms with E-state index in [2.05, 4.69) is 42.2 Å². The second-order valence-electron chi connectivity index (χ2n) is 8.17. The number of hydrogen-bond donors (Lipinski definition) is 0. The molecule has 0 saturated carbocycles. The fourth-order valence-electron chi connectivity index (χ4n) is 4.60. The number of ether oxygens (including phenoxy) is 1. The van der Waals surface area contributed by atoms with Crippen LogP contribution in [0.25, 0.3) is 11.0 Å². The van der Waals surface area contributed by atoms with Gasteiger partial charge in [0.05, 0.1) is 0 Å². The van der Waals surface area contributed by atoms with Crippen LogP contribution in [0.2, 0.25) is 0 Å². The lowest BCUT2D eigenvalue weighted by Crippen LogP contribution is -2.32. The molecule has 0 spiro atoms. The molecule has 144 valence electrons. The highest BCUT2D eigenvalue weighted by molar-refractivity contribution is 5.87. The summed E-state index contributed by atoms with van der Waals surface area (Å²) in [6, 6.07) is 10.9. The smallest absolute Gasteiger partial charge is 0.339 e. The molecule has 4 nitrogen and oxygen atoms in total. The maximum absolute atomic E-state index is 12.5. The van der Waals surface area contributed by atoms with Crippen LogP contribution >= 0.6 is 0 Å². The molecule has 0 saturated heterocycles. The molecule has 1 aromatic heterocycles. The summed E-state index contributed by atoms with van der Waals surface area (Å²) in [6.45, 7) is 6.36. The predicted octanol–water partition coefficient (Wildman–Crippen LogP) is 4.64. The highest BCUT2D eigenvalue weighted by Gasteiger charge is 2.25. The Morgan fingerprint density at radius 2 is 1.79 bits per heavy atom. The lowest BCUT2D eigenvalue weighted by molar-refractivity contribution is 0.0881. The van der Waals surface area contributed by atoms with Crippen molar-refractivity contribution in [1.82, 2.24) is 4.90 Å². The van der Waals surface area contributed by atoms with Gasteiger partial charge in [0, 0.05) is 35.2 Å². The molecule has 2 aromatic carbocycles. The van der Waals surface area contributed by atoms with Gasteiger partial charge in [-0.05, 0) is 56.7 Å². The van der Waals surface area contributed by atoms with E-state index < -0.39 is 0 Å². The summed E-state index contributed by atoms with van der Waals surface area (Å²) in [4.78, 5) is 14.8. The molecule has 0 atom stereocenters. The number of rotatable bonds is 2. The fourth-order valence-corrected chi connectivity index (χ4v) is 4.60. The first-order valence-corrected chi connectivity index (χ1v) is 10.1. The molecule has 0 unspecified atom stereocenters. The molecule has 0 radical (unpaired) electrons. The number of aryl methyl sites for hydroxylation is 3. The molecule has 2 heterocycles. The zero-order valence-corrected chi connectivity index (χ0v) is 16.5. The molecular weight excluding hydrogens is 350 g/mol. The summed E-state index contributed by atoms with van der Waals surface area (Å²) in [6.07, 6.45) is 4.00. The predicted molar refractivity (Wildman–Crippen MR) is 110 cm³/mol. The van der Waals surface area contributed by atoms with Crippen LogP contribution in [-0.2, 0) is 25.9 Å². The molecule has 0 bridgehead atoms. The van der Waals surface area contributed by atoms with Gasteiger partial charge in [0.1, 0.15) is 18.1 Å². The molecule has 4 heteroatoms. The topological polar surface area (TPSA) is 42.7 Å². The van der Waals surface area contributed by atoms with Gasteiger partial charge in [-0.15, -0.1) is 0 Å². The van der Waals surface area contributed by atoms with Gasteiger partial charge in [-0.3, -0.25) is 4.90 Å². The van der Waals surface area contributed by atoms with E-state index in [-0.39, 0.29) is 5.63 Å². The molecular formula is C24H25NO3. The summed E-state index contributed by atoms with van der Waals surface area (Å²) >= 11 is 0. The first-order valence-electron chi connectivity index (χ1n) is 10.1. The van der Waals surface area contributed by atoms with E-state index in [1.807, 2.05) is 6.92 Å². The summed E-state index contributed by atoms with van der Waals surface area (Å²) in [5.74, 6) is 0.881. The minimum Gasteiger partial charge on any atom is -0.477 e. The summed E-state index contributed by atoms with van der Waals surface area (Å²) in [5.41, 5.74) is 7.32. The molecule has 0 amide bonds. The van der Waals surface area contributed by atoms with Gasteiger partial charge in [-0.25, -0.2) is 4.79 Å². The van der Waals surface area contributed by atoms with E-state index >= 15 is 0 Å². The normalized spacial score (nSPS) is 16.5. The van der Waals surface area contributed by atoms with E-state index in [0.29, 0.717) is 12.3 Å². The standard InChI is InChI=1S/C24H25NO3/c1-15-7-9-17(10-8-15)12-25-13-18-11-21-19-5-3-4-6-20(19)24(26)28-23(21)16(2)22(18)27-14-25/h7-11H,3-6,12-14H2,1-2H3. The van der Waals surface area contributed by atoms with E-state index in [0.717, 1.165) is 61.0 Å². The lowest BCUT2D eigenvalue weighted by atomic mass is 9.89. The minimum atomic E-state index is -0.165. The second kappa shape index (κ2) is 6.78. The molecule has 0 fully saturated rings. The van der Waals surface area contributed by atoms with Crippen LogP contribution in [0.4, 0.5) is 0 Å². The Morgan fingerprint density at radius 3 is 2.57 bits per heavy atom. The number of benzene rings is 2. The van der Waals surface area contributed by atoms with Crippen LogP contribution in [0.15, 0.2) is 39.5 Å². The SMILES string of the molecule is Cc1ccc(CN2COc3c(cc4c5c(c(=O)oc4c3C)CCCC5)C2)cc1. The number of nitrogens with zero attached hydrogens (tertiary/aromatic N) is 1. The van der Waals surface area contributed by atoms with Crippen molar-refractivity contribution in [3.63, 3.8) is 0 Å². The van der Waals surface area contributed by atoms with Gasteiger partial charge < -0.3 is 9.15 Å². The quantitative estimate of drug-likeness (QED) is 0.612. The Morgan fingerprint density at radius 1 is 1.04 bits per heavy atom. The van der Waals surface area contributed by atoms with Gasteiger partial charge in [-0.2, -0.15) is 0 Å². The largest absolute Gasteiger partial charge is 0.477 e. The third kappa shape index (κ3) is 2.92. The first kappa shape index (κ1) is 17.5. The molecule has 28 heavy (non-hydrogen) atoms. The van der Waals surface area contributed by atoms with Crippen LogP contribution in [0.1, 0.15) is 46.2 Å². The molecule has 1 aliphatic heterocycles. The van der Waals surface area contributed by atoms with Crippen molar-refractivity contribution < 1.29 is 9.15 Å². The van der Waals surface area contributed by atoms with Crippen molar-refractivity contribution >= 4 is 11.0 Å². The molecule has 2 aliphatic rings. The van der Waals surface area contributed by atoms with Crippen LogP contribution < -0.4 is 10.4 Å². The van der Waals surface area contributed by atoms with Gasteiger partial charge in [-0.1, -0.05) is 29.8 Å². The monoisotopic (exact) mass is 375 g/mol. The van der Waals surface area contributed by atoms with Gasteiger partial charge >= 0.3 is 5.63 Å². The van der Waals surface area contributed by atoms with Gasteiger partial charge in [0.15, 0.2) is 0 Å². The first-order chi connectivity index (χ1) is 13.6. The van der Waals surface area contributed by atoms with Crippen molar-refractivity contribution in [3.05, 3.63) is 74.1 Å². The van der Waals surface area contributed by atoms with E-state index in [1.165, 1.54) is 22.3 Å². The second-order valence-corrected chi connectivity index (χ2v) is 8.17. The Labute approximate surface area is 164 Å². The Balaban J connectivity index is 1.54. The van der Waals surface area contributed by atoms with E-state index in [4.69, 9.17) is 9.15 Å². The average molecular weight is 375 g/mol. The molecule has 5 rings (SSSR count). The zero-order valence-electron chi connectivity index (χ0n) is 16.5. The van der Waals surface area contributed by atoms with Crippen molar-refractivity contribution in [1.29, 1.82) is 0 Å².